The number of hydrogen-bond acceptors (Lipinski definition) is 10. The fraction of sp³-hybridized carbons (Fsp3) is 0.525. The SMILES string of the molecule is CCCCOc1ccc(N=Cc2ccc(OCCCCCCCCCCOC(=O)C(CC)C(=O)OCCCCCCCCCCOc3ccc(C=Nc4ccc(OCCCC)cc4)cc3)cc2)cc1. The molecule has 4 rings (SSSR count). The van der Waals surface area contributed by atoms with Gasteiger partial charge in [0.05, 0.1) is 51.0 Å². The Kier molecular flexibility index (Phi) is 29.5. The van der Waals surface area contributed by atoms with Crippen molar-refractivity contribution in [2.24, 2.45) is 15.9 Å². The Balaban J connectivity index is 0.893. The van der Waals surface area contributed by atoms with Crippen LogP contribution in [-0.2, 0) is 19.1 Å². The maximum atomic E-state index is 12.6. The van der Waals surface area contributed by atoms with E-state index >= 15 is 0 Å². The Labute approximate surface area is 414 Å². The lowest BCUT2D eigenvalue weighted by Crippen LogP contribution is -2.28. The molecule has 0 aromatic heterocycles. The van der Waals surface area contributed by atoms with Gasteiger partial charge in [0.1, 0.15) is 23.0 Å². The minimum absolute atomic E-state index is 0.348. The maximum Gasteiger partial charge on any atom is 0.320 e. The Morgan fingerprint density at radius 3 is 0.957 bits per heavy atom. The summed E-state index contributed by atoms with van der Waals surface area (Å²) in [6.45, 7) is 9.74. The third-order valence-corrected chi connectivity index (χ3v) is 11.8. The molecule has 0 aliphatic heterocycles. The molecule has 376 valence electrons. The number of ether oxygens (including phenoxy) is 6. The van der Waals surface area contributed by atoms with Gasteiger partial charge in [-0.2, -0.15) is 0 Å². The average Bonchev–Trinajstić information content (AvgIpc) is 3.37. The zero-order valence-corrected chi connectivity index (χ0v) is 42.2. The molecule has 0 saturated carbocycles. The molecule has 4 aromatic rings. The second-order valence-electron chi connectivity index (χ2n) is 17.7. The van der Waals surface area contributed by atoms with Crippen molar-refractivity contribution in [1.82, 2.24) is 0 Å². The van der Waals surface area contributed by atoms with Crippen LogP contribution in [0.15, 0.2) is 107 Å². The van der Waals surface area contributed by atoms with Gasteiger partial charge in [-0.05, 0) is 153 Å². The van der Waals surface area contributed by atoms with E-state index in [4.69, 9.17) is 28.4 Å². The van der Waals surface area contributed by atoms with Gasteiger partial charge >= 0.3 is 11.9 Å². The molecule has 0 atom stereocenters. The molecule has 0 unspecified atom stereocenters. The first-order chi connectivity index (χ1) is 34.0. The van der Waals surface area contributed by atoms with Gasteiger partial charge < -0.3 is 28.4 Å². The lowest BCUT2D eigenvalue weighted by Gasteiger charge is -2.14. The van der Waals surface area contributed by atoms with Crippen molar-refractivity contribution >= 4 is 35.7 Å². The quantitative estimate of drug-likeness (QED) is 0.0188. The number of benzene rings is 4. The van der Waals surface area contributed by atoms with Crippen molar-refractivity contribution in [2.45, 2.75) is 156 Å². The first kappa shape index (κ1) is 56.0. The fourth-order valence-electron chi connectivity index (χ4n) is 7.41. The normalized spacial score (nSPS) is 11.8. The molecular weight excluding hydrogens is 865 g/mol. The number of hydrogen-bond donors (Lipinski definition) is 0. The van der Waals surface area contributed by atoms with Crippen LogP contribution in [-0.4, -0.2) is 64.0 Å². The van der Waals surface area contributed by atoms with E-state index in [2.05, 4.69) is 23.8 Å². The predicted molar refractivity (Wildman–Crippen MR) is 282 cm³/mol. The Bertz CT molecular complexity index is 1840. The monoisotopic (exact) mass is 947 g/mol. The fourth-order valence-corrected chi connectivity index (χ4v) is 7.41. The zero-order chi connectivity index (χ0) is 48.8. The second kappa shape index (κ2) is 36.4. The zero-order valence-electron chi connectivity index (χ0n) is 42.2. The highest BCUT2D eigenvalue weighted by Crippen LogP contribution is 2.22. The Morgan fingerprint density at radius 2 is 0.652 bits per heavy atom. The number of nitrogens with zero attached hydrogens (tertiary/aromatic N) is 2. The largest absolute Gasteiger partial charge is 0.494 e. The Morgan fingerprint density at radius 1 is 0.377 bits per heavy atom. The first-order valence-electron chi connectivity index (χ1n) is 26.3. The molecule has 0 spiro atoms. The van der Waals surface area contributed by atoms with E-state index in [9.17, 15) is 9.59 Å². The van der Waals surface area contributed by atoms with Gasteiger partial charge in [-0.25, -0.2) is 0 Å². The second-order valence-corrected chi connectivity index (χ2v) is 17.7. The number of aliphatic imine (C=N–C) groups is 2. The summed E-state index contributed by atoms with van der Waals surface area (Å²) in [5.41, 5.74) is 3.83. The standard InChI is InChI=1S/C59H82N2O8/c1-4-7-41-64-55-37-29-51(30-38-55)60-47-49-25-33-53(34-26-49)66-43-21-17-13-9-11-15-19-23-45-68-58(62)57(6-3)59(63)69-46-24-20-16-12-10-14-18-22-44-67-54-35-27-50(28-36-54)48-61-52-31-39-56(40-32-52)65-42-8-5-2/h25-40,47-48,57H,4-24,41-46H2,1-3H3. The topological polar surface area (TPSA) is 114 Å². The highest BCUT2D eigenvalue weighted by molar-refractivity contribution is 5.94. The minimum atomic E-state index is -0.842. The predicted octanol–water partition coefficient (Wildman–Crippen LogP) is 15.4. The lowest BCUT2D eigenvalue weighted by molar-refractivity contribution is -0.162. The van der Waals surface area contributed by atoms with E-state index in [0.717, 1.165) is 161 Å². The van der Waals surface area contributed by atoms with Crippen molar-refractivity contribution < 1.29 is 38.0 Å². The summed E-state index contributed by atoms with van der Waals surface area (Å²) in [6, 6.07) is 31.8. The summed E-state index contributed by atoms with van der Waals surface area (Å²) >= 11 is 0. The van der Waals surface area contributed by atoms with Gasteiger partial charge in [-0.15, -0.1) is 0 Å². The number of rotatable bonds is 39. The van der Waals surface area contributed by atoms with Crippen molar-refractivity contribution in [3.05, 3.63) is 108 Å². The smallest absolute Gasteiger partial charge is 0.320 e. The van der Waals surface area contributed by atoms with Crippen LogP contribution in [0.25, 0.3) is 0 Å². The Hall–Kier alpha value is -5.64. The molecule has 0 radical (unpaired) electrons. The number of esters is 2. The van der Waals surface area contributed by atoms with Crippen LogP contribution in [0, 0.1) is 5.92 Å². The molecule has 0 heterocycles. The van der Waals surface area contributed by atoms with E-state index in [1.165, 1.54) is 25.7 Å². The molecule has 0 aliphatic rings. The van der Waals surface area contributed by atoms with Crippen molar-refractivity contribution in [1.29, 1.82) is 0 Å². The van der Waals surface area contributed by atoms with Crippen LogP contribution in [0.2, 0.25) is 0 Å². The molecule has 0 N–H and O–H groups in total. The molecular formula is C59H82N2O8. The van der Waals surface area contributed by atoms with E-state index in [1.807, 2.05) is 116 Å². The molecule has 0 fully saturated rings. The number of carbonyl (C=O) groups is 2. The summed E-state index contributed by atoms with van der Waals surface area (Å²) < 4.78 is 34.3. The molecule has 0 aliphatic carbocycles. The van der Waals surface area contributed by atoms with E-state index < -0.39 is 17.9 Å². The summed E-state index contributed by atoms with van der Waals surface area (Å²) in [5.74, 6) is 1.74. The summed E-state index contributed by atoms with van der Waals surface area (Å²) in [5, 5.41) is 0. The van der Waals surface area contributed by atoms with Crippen molar-refractivity contribution in [2.75, 3.05) is 39.6 Å². The summed E-state index contributed by atoms with van der Waals surface area (Å²) in [7, 11) is 0. The number of carbonyl (C=O) groups excluding carboxylic acids is 2. The molecule has 0 amide bonds. The van der Waals surface area contributed by atoms with Crippen LogP contribution in [0.1, 0.15) is 167 Å². The van der Waals surface area contributed by atoms with Crippen LogP contribution in [0.5, 0.6) is 23.0 Å². The average molecular weight is 947 g/mol. The van der Waals surface area contributed by atoms with Gasteiger partial charge in [0.25, 0.3) is 0 Å². The highest BCUT2D eigenvalue weighted by Gasteiger charge is 2.27. The third-order valence-electron chi connectivity index (χ3n) is 11.8. The van der Waals surface area contributed by atoms with Crippen LogP contribution < -0.4 is 18.9 Å². The molecule has 10 nitrogen and oxygen atoms in total. The summed E-state index contributed by atoms with van der Waals surface area (Å²) in [4.78, 5) is 34.4. The molecule has 69 heavy (non-hydrogen) atoms. The van der Waals surface area contributed by atoms with Crippen LogP contribution in [0.3, 0.4) is 0 Å². The van der Waals surface area contributed by atoms with Gasteiger partial charge in [0.2, 0.25) is 0 Å². The third kappa shape index (κ3) is 25.5. The van der Waals surface area contributed by atoms with Gasteiger partial charge in [-0.3, -0.25) is 19.6 Å². The van der Waals surface area contributed by atoms with E-state index in [0.29, 0.717) is 32.8 Å². The van der Waals surface area contributed by atoms with Crippen LogP contribution >= 0.6 is 0 Å². The van der Waals surface area contributed by atoms with E-state index in [-0.39, 0.29) is 0 Å². The maximum absolute atomic E-state index is 12.6. The summed E-state index contributed by atoms with van der Waals surface area (Å²) in [6.07, 6.45) is 25.7. The lowest BCUT2D eigenvalue weighted by atomic mass is 10.1. The van der Waals surface area contributed by atoms with Crippen molar-refractivity contribution in [3.63, 3.8) is 0 Å². The van der Waals surface area contributed by atoms with Crippen molar-refractivity contribution in [3.8, 4) is 23.0 Å². The minimum Gasteiger partial charge on any atom is -0.494 e. The molecule has 10 heteroatoms. The van der Waals surface area contributed by atoms with Gasteiger partial charge in [0, 0.05) is 12.4 Å². The van der Waals surface area contributed by atoms with Gasteiger partial charge in [-0.1, -0.05) is 111 Å². The first-order valence-corrected chi connectivity index (χ1v) is 26.3. The van der Waals surface area contributed by atoms with Crippen LogP contribution in [0.4, 0.5) is 11.4 Å². The molecule has 4 aromatic carbocycles. The van der Waals surface area contributed by atoms with Gasteiger partial charge in [0.15, 0.2) is 5.92 Å². The molecule has 0 bridgehead atoms. The number of unbranched alkanes of at least 4 members (excludes halogenated alkanes) is 16. The highest BCUT2D eigenvalue weighted by atomic mass is 16.6. The molecule has 0 saturated heterocycles. The van der Waals surface area contributed by atoms with E-state index in [1.54, 1.807) is 0 Å².